The second-order valence-electron chi connectivity index (χ2n) is 4.94. The van der Waals surface area contributed by atoms with Crippen molar-refractivity contribution in [2.75, 3.05) is 20.2 Å². The Bertz CT molecular complexity index is 377. The van der Waals surface area contributed by atoms with Crippen LogP contribution in [0.2, 0.25) is 0 Å². The highest BCUT2D eigenvalue weighted by Crippen LogP contribution is 2.27. The molecule has 0 heterocycles. The van der Waals surface area contributed by atoms with Crippen molar-refractivity contribution < 1.29 is 9.84 Å². The van der Waals surface area contributed by atoms with E-state index in [1.807, 2.05) is 25.1 Å². The fraction of sp³-hybridized carbons (Fsp3) is 0.600. The minimum absolute atomic E-state index is 0.431. The number of likely N-dealkylation sites (N-methyl/N-ethyl adjacent to an activating group) is 1. The summed E-state index contributed by atoms with van der Waals surface area (Å²) in [6.07, 6.45) is -0.512. The normalized spacial score (nSPS) is 13.1. The van der Waals surface area contributed by atoms with Gasteiger partial charge in [0.1, 0.15) is 5.75 Å². The molecule has 0 bridgehead atoms. The van der Waals surface area contributed by atoms with Crippen LogP contribution in [-0.4, -0.2) is 36.2 Å². The molecule has 1 aromatic rings. The largest absolute Gasteiger partial charge is 0.496 e. The van der Waals surface area contributed by atoms with Gasteiger partial charge < -0.3 is 9.84 Å². The minimum atomic E-state index is -0.512. The Kier molecular flexibility index (Phi) is 5.63. The number of rotatable bonds is 6. The van der Waals surface area contributed by atoms with Crippen molar-refractivity contribution >= 4 is 0 Å². The van der Waals surface area contributed by atoms with Gasteiger partial charge in [-0.2, -0.15) is 0 Å². The van der Waals surface area contributed by atoms with Gasteiger partial charge in [-0.25, -0.2) is 0 Å². The maximum atomic E-state index is 10.4. The van der Waals surface area contributed by atoms with Gasteiger partial charge in [-0.05, 0) is 39.4 Å². The van der Waals surface area contributed by atoms with Crippen LogP contribution in [0.5, 0.6) is 5.75 Å². The quantitative estimate of drug-likeness (QED) is 0.844. The van der Waals surface area contributed by atoms with E-state index in [0.717, 1.165) is 23.4 Å². The zero-order chi connectivity index (χ0) is 13.7. The highest BCUT2D eigenvalue weighted by atomic mass is 16.5. The molecule has 0 amide bonds. The topological polar surface area (TPSA) is 32.7 Å². The fourth-order valence-electron chi connectivity index (χ4n) is 2.14. The first kappa shape index (κ1) is 15.0. The van der Waals surface area contributed by atoms with Crippen molar-refractivity contribution in [2.24, 2.45) is 0 Å². The average molecular weight is 251 g/mol. The molecule has 1 rings (SSSR count). The molecule has 102 valence electrons. The summed E-state index contributed by atoms with van der Waals surface area (Å²) in [5.41, 5.74) is 2.01. The van der Waals surface area contributed by atoms with Gasteiger partial charge in [0, 0.05) is 18.2 Å². The maximum Gasteiger partial charge on any atom is 0.124 e. The van der Waals surface area contributed by atoms with E-state index < -0.39 is 6.10 Å². The first-order valence-electron chi connectivity index (χ1n) is 6.56. The Morgan fingerprint density at radius 1 is 1.33 bits per heavy atom. The number of hydrogen-bond acceptors (Lipinski definition) is 3. The molecule has 0 saturated carbocycles. The molecule has 1 atom stereocenters. The lowest BCUT2D eigenvalue weighted by Crippen LogP contribution is -2.34. The Morgan fingerprint density at radius 2 is 2.00 bits per heavy atom. The van der Waals surface area contributed by atoms with Gasteiger partial charge in [0.25, 0.3) is 0 Å². The predicted molar refractivity (Wildman–Crippen MR) is 75.1 cm³/mol. The third-order valence-electron chi connectivity index (χ3n) is 3.29. The summed E-state index contributed by atoms with van der Waals surface area (Å²) in [7, 11) is 1.64. The molecule has 0 aliphatic rings. The van der Waals surface area contributed by atoms with Gasteiger partial charge in [0.05, 0.1) is 13.2 Å². The van der Waals surface area contributed by atoms with Crippen molar-refractivity contribution in [3.63, 3.8) is 0 Å². The minimum Gasteiger partial charge on any atom is -0.496 e. The first-order valence-corrected chi connectivity index (χ1v) is 6.56. The van der Waals surface area contributed by atoms with E-state index in [-0.39, 0.29) is 0 Å². The second kappa shape index (κ2) is 6.76. The molecule has 3 nitrogen and oxygen atoms in total. The summed E-state index contributed by atoms with van der Waals surface area (Å²) >= 11 is 0. The zero-order valence-corrected chi connectivity index (χ0v) is 12.1. The number of nitrogens with zero attached hydrogens (tertiary/aromatic N) is 1. The molecule has 3 heteroatoms. The van der Waals surface area contributed by atoms with Gasteiger partial charge >= 0.3 is 0 Å². The van der Waals surface area contributed by atoms with E-state index in [1.165, 1.54) is 0 Å². The van der Waals surface area contributed by atoms with Crippen LogP contribution in [0.15, 0.2) is 18.2 Å². The van der Waals surface area contributed by atoms with Crippen LogP contribution in [0.1, 0.15) is 38.0 Å². The highest BCUT2D eigenvalue weighted by molar-refractivity contribution is 5.38. The number of aliphatic hydroxyl groups is 1. The molecule has 1 N–H and O–H groups in total. The summed E-state index contributed by atoms with van der Waals surface area (Å²) in [5.74, 6) is 0.757. The smallest absolute Gasteiger partial charge is 0.124 e. The van der Waals surface area contributed by atoms with E-state index in [9.17, 15) is 5.11 Å². The number of aliphatic hydroxyl groups excluding tert-OH is 1. The van der Waals surface area contributed by atoms with Gasteiger partial charge in [-0.1, -0.05) is 18.6 Å². The number of ether oxygens (including phenoxy) is 1. The monoisotopic (exact) mass is 251 g/mol. The Balaban J connectivity index is 2.88. The number of methoxy groups -OCH3 is 1. The van der Waals surface area contributed by atoms with Gasteiger partial charge in [0.15, 0.2) is 0 Å². The molecule has 0 saturated heterocycles. The van der Waals surface area contributed by atoms with Crippen molar-refractivity contribution in [3.05, 3.63) is 29.3 Å². The zero-order valence-electron chi connectivity index (χ0n) is 12.1. The Hall–Kier alpha value is -1.06. The van der Waals surface area contributed by atoms with Crippen LogP contribution >= 0.6 is 0 Å². The fourth-order valence-corrected chi connectivity index (χ4v) is 2.14. The second-order valence-corrected chi connectivity index (χ2v) is 4.94. The first-order chi connectivity index (χ1) is 8.49. The summed E-state index contributed by atoms with van der Waals surface area (Å²) < 4.78 is 5.32. The summed E-state index contributed by atoms with van der Waals surface area (Å²) in [4.78, 5) is 2.24. The molecule has 0 fully saturated rings. The van der Waals surface area contributed by atoms with Crippen LogP contribution in [-0.2, 0) is 0 Å². The van der Waals surface area contributed by atoms with Crippen LogP contribution in [0.3, 0.4) is 0 Å². The molecular weight excluding hydrogens is 226 g/mol. The van der Waals surface area contributed by atoms with E-state index in [0.29, 0.717) is 12.6 Å². The van der Waals surface area contributed by atoms with Crippen molar-refractivity contribution in [3.8, 4) is 5.75 Å². The molecule has 0 aliphatic carbocycles. The molecule has 1 aromatic carbocycles. The average Bonchev–Trinajstić information content (AvgIpc) is 2.35. The number of hydrogen-bond donors (Lipinski definition) is 1. The molecule has 0 aliphatic heterocycles. The van der Waals surface area contributed by atoms with Crippen molar-refractivity contribution in [1.29, 1.82) is 0 Å². The Morgan fingerprint density at radius 3 is 2.50 bits per heavy atom. The summed E-state index contributed by atoms with van der Waals surface area (Å²) in [6, 6.07) is 6.34. The maximum absolute atomic E-state index is 10.4. The van der Waals surface area contributed by atoms with Crippen molar-refractivity contribution in [1.82, 2.24) is 4.90 Å². The van der Waals surface area contributed by atoms with E-state index in [4.69, 9.17) is 4.74 Å². The molecule has 1 unspecified atom stereocenters. The van der Waals surface area contributed by atoms with Crippen molar-refractivity contribution in [2.45, 2.75) is 39.8 Å². The van der Waals surface area contributed by atoms with Gasteiger partial charge in [-0.15, -0.1) is 0 Å². The molecule has 18 heavy (non-hydrogen) atoms. The van der Waals surface area contributed by atoms with Crippen LogP contribution in [0.25, 0.3) is 0 Å². The lowest BCUT2D eigenvalue weighted by atomic mass is 10.0. The number of aryl methyl sites for hydroxylation is 1. The summed E-state index contributed by atoms with van der Waals surface area (Å²) in [5, 5.41) is 10.4. The lowest BCUT2D eigenvalue weighted by Gasteiger charge is -2.28. The number of benzene rings is 1. The lowest BCUT2D eigenvalue weighted by molar-refractivity contribution is 0.0971. The van der Waals surface area contributed by atoms with Gasteiger partial charge in [0.2, 0.25) is 0 Å². The molecule has 0 aromatic heterocycles. The van der Waals surface area contributed by atoms with E-state index >= 15 is 0 Å². The van der Waals surface area contributed by atoms with Gasteiger partial charge in [-0.3, -0.25) is 4.90 Å². The predicted octanol–water partition coefficient (Wildman–Crippen LogP) is 2.77. The standard InChI is InChI=1S/C15H25NO2/c1-6-16(11(2)3)10-14(17)13-9-12(4)7-8-15(13)18-5/h7-9,11,14,17H,6,10H2,1-5H3. The third-order valence-corrected chi connectivity index (χ3v) is 3.29. The Labute approximate surface area is 110 Å². The highest BCUT2D eigenvalue weighted by Gasteiger charge is 2.18. The molecular formula is C15H25NO2. The third kappa shape index (κ3) is 3.72. The van der Waals surface area contributed by atoms with E-state index in [1.54, 1.807) is 7.11 Å². The van der Waals surface area contributed by atoms with Crippen LogP contribution in [0.4, 0.5) is 0 Å². The SMILES string of the molecule is CCN(CC(O)c1cc(C)ccc1OC)C(C)C. The van der Waals surface area contributed by atoms with Crippen LogP contribution < -0.4 is 4.74 Å². The molecule has 0 radical (unpaired) electrons. The molecule has 0 spiro atoms. The summed E-state index contributed by atoms with van der Waals surface area (Å²) in [6.45, 7) is 9.99. The van der Waals surface area contributed by atoms with Crippen LogP contribution in [0, 0.1) is 6.92 Å². The van der Waals surface area contributed by atoms with E-state index in [2.05, 4.69) is 25.7 Å².